The fourth-order valence-electron chi connectivity index (χ4n) is 2.76. The van der Waals surface area contributed by atoms with Gasteiger partial charge in [-0.05, 0) is 41.5 Å². The molecule has 3 heterocycles. The van der Waals surface area contributed by atoms with Crippen molar-refractivity contribution in [3.05, 3.63) is 58.8 Å². The normalized spacial score (nSPS) is 11.0. The summed E-state index contributed by atoms with van der Waals surface area (Å²) in [6.45, 7) is 2.09. The Morgan fingerprint density at radius 2 is 2.04 bits per heavy atom. The molecule has 4 rings (SSSR count). The van der Waals surface area contributed by atoms with Crippen molar-refractivity contribution in [2.75, 3.05) is 16.8 Å². The van der Waals surface area contributed by atoms with E-state index in [0.29, 0.717) is 10.6 Å². The Hall–Kier alpha value is -2.35. The number of amides is 1. The van der Waals surface area contributed by atoms with E-state index in [4.69, 9.17) is 10.7 Å². The number of anilines is 2. The number of nitrogens with two attached hydrogens (primary N) is 1. The van der Waals surface area contributed by atoms with Crippen LogP contribution in [0.1, 0.15) is 16.6 Å². The van der Waals surface area contributed by atoms with Gasteiger partial charge in [0.1, 0.15) is 9.71 Å². The molecule has 4 aromatic rings. The molecular weight excluding hydrogens is 394 g/mol. The van der Waals surface area contributed by atoms with E-state index < -0.39 is 0 Å². The molecule has 0 aliphatic heterocycles. The van der Waals surface area contributed by atoms with Crippen molar-refractivity contribution >= 4 is 61.9 Å². The second-order valence-electron chi connectivity index (χ2n) is 5.75. The summed E-state index contributed by atoms with van der Waals surface area (Å²) in [6, 6.07) is 15.7. The third kappa shape index (κ3) is 3.58. The van der Waals surface area contributed by atoms with Crippen LogP contribution in [0.15, 0.2) is 58.8 Å². The molecule has 0 atom stereocenters. The molecule has 3 aromatic heterocycles. The molecule has 27 heavy (non-hydrogen) atoms. The number of carbonyl (C=O) groups is 1. The molecular formula is C20H17N3OS3. The van der Waals surface area contributed by atoms with Gasteiger partial charge in [-0.25, -0.2) is 4.98 Å². The Labute approximate surface area is 169 Å². The second kappa shape index (κ2) is 7.72. The fourth-order valence-corrected chi connectivity index (χ4v) is 5.20. The minimum absolute atomic E-state index is 0.197. The zero-order valence-corrected chi connectivity index (χ0v) is 17.0. The average molecular weight is 412 g/mol. The molecule has 3 N–H and O–H groups in total. The molecule has 4 nitrogen and oxygen atoms in total. The molecule has 0 unspecified atom stereocenters. The molecule has 1 amide bonds. The highest BCUT2D eigenvalue weighted by atomic mass is 32.2. The number of hydrogen-bond donors (Lipinski definition) is 2. The number of thioether (sulfide) groups is 1. The van der Waals surface area contributed by atoms with Crippen molar-refractivity contribution in [1.29, 1.82) is 0 Å². The molecule has 0 bridgehead atoms. The van der Waals surface area contributed by atoms with Crippen LogP contribution in [-0.4, -0.2) is 16.6 Å². The number of aromatic nitrogens is 1. The lowest BCUT2D eigenvalue weighted by molar-refractivity contribution is 0.103. The van der Waals surface area contributed by atoms with E-state index in [1.807, 2.05) is 53.9 Å². The van der Waals surface area contributed by atoms with Crippen molar-refractivity contribution in [1.82, 2.24) is 4.98 Å². The van der Waals surface area contributed by atoms with E-state index in [0.717, 1.165) is 37.1 Å². The highest BCUT2D eigenvalue weighted by Gasteiger charge is 2.19. The monoisotopic (exact) mass is 411 g/mol. The SMILES string of the molecule is CCSc1ccccc1NC(=O)c1sc2nc(-c3cccs3)ccc2c1N. The van der Waals surface area contributed by atoms with Crippen LogP contribution in [0.4, 0.5) is 11.4 Å². The molecule has 0 fully saturated rings. The van der Waals surface area contributed by atoms with Gasteiger partial charge in [0.05, 0.1) is 21.9 Å². The van der Waals surface area contributed by atoms with Gasteiger partial charge in [-0.2, -0.15) is 0 Å². The van der Waals surface area contributed by atoms with Gasteiger partial charge in [0.25, 0.3) is 5.91 Å². The fraction of sp³-hybridized carbons (Fsp3) is 0.100. The molecule has 136 valence electrons. The summed E-state index contributed by atoms with van der Waals surface area (Å²) in [7, 11) is 0. The van der Waals surface area contributed by atoms with Crippen molar-refractivity contribution in [3.63, 3.8) is 0 Å². The van der Waals surface area contributed by atoms with Gasteiger partial charge < -0.3 is 11.1 Å². The highest BCUT2D eigenvalue weighted by Crippen LogP contribution is 2.36. The van der Waals surface area contributed by atoms with Gasteiger partial charge in [-0.1, -0.05) is 25.1 Å². The minimum Gasteiger partial charge on any atom is -0.397 e. The van der Waals surface area contributed by atoms with Crippen molar-refractivity contribution in [2.24, 2.45) is 0 Å². The van der Waals surface area contributed by atoms with E-state index in [9.17, 15) is 4.79 Å². The second-order valence-corrected chi connectivity index (χ2v) is 9.01. The van der Waals surface area contributed by atoms with E-state index in [-0.39, 0.29) is 5.91 Å². The van der Waals surface area contributed by atoms with Gasteiger partial charge in [0.2, 0.25) is 0 Å². The Kier molecular flexibility index (Phi) is 5.15. The number of thiophene rings is 2. The van der Waals surface area contributed by atoms with Crippen molar-refractivity contribution < 1.29 is 4.79 Å². The summed E-state index contributed by atoms with van der Waals surface area (Å²) < 4.78 is 0. The Balaban J connectivity index is 1.67. The van der Waals surface area contributed by atoms with E-state index in [1.165, 1.54) is 11.3 Å². The predicted molar refractivity (Wildman–Crippen MR) is 118 cm³/mol. The topological polar surface area (TPSA) is 68.0 Å². The van der Waals surface area contributed by atoms with E-state index >= 15 is 0 Å². The third-order valence-corrected chi connectivity index (χ3v) is 6.97. The van der Waals surface area contributed by atoms with Gasteiger partial charge in [-0.3, -0.25) is 4.79 Å². The molecule has 7 heteroatoms. The van der Waals surface area contributed by atoms with Gasteiger partial charge in [0.15, 0.2) is 0 Å². The summed E-state index contributed by atoms with van der Waals surface area (Å²) in [5, 5.41) is 5.84. The van der Waals surface area contributed by atoms with Crippen LogP contribution in [0.5, 0.6) is 0 Å². The zero-order valence-electron chi connectivity index (χ0n) is 14.6. The summed E-state index contributed by atoms with van der Waals surface area (Å²) in [5.41, 5.74) is 8.45. The molecule has 0 saturated heterocycles. The largest absolute Gasteiger partial charge is 0.397 e. The lowest BCUT2D eigenvalue weighted by Crippen LogP contribution is -2.12. The van der Waals surface area contributed by atoms with Crippen LogP contribution in [0.2, 0.25) is 0 Å². The number of nitrogen functional groups attached to an aromatic ring is 1. The first-order valence-electron chi connectivity index (χ1n) is 8.43. The number of nitrogens with zero attached hydrogens (tertiary/aromatic N) is 1. The first-order chi connectivity index (χ1) is 13.2. The van der Waals surface area contributed by atoms with Gasteiger partial charge >= 0.3 is 0 Å². The first-order valence-corrected chi connectivity index (χ1v) is 11.1. The zero-order chi connectivity index (χ0) is 18.8. The number of carbonyl (C=O) groups excluding carboxylic acids is 1. The maximum absolute atomic E-state index is 12.9. The maximum Gasteiger partial charge on any atom is 0.267 e. The van der Waals surface area contributed by atoms with Crippen LogP contribution >= 0.6 is 34.4 Å². The molecule has 0 aliphatic rings. The number of rotatable bonds is 5. The van der Waals surface area contributed by atoms with Gasteiger partial charge in [-0.15, -0.1) is 34.4 Å². The number of benzene rings is 1. The summed E-state index contributed by atoms with van der Waals surface area (Å²) in [4.78, 5) is 21.0. The van der Waals surface area contributed by atoms with Gasteiger partial charge in [0, 0.05) is 10.3 Å². The Morgan fingerprint density at radius 3 is 2.81 bits per heavy atom. The Bertz CT molecular complexity index is 1100. The highest BCUT2D eigenvalue weighted by molar-refractivity contribution is 7.99. The lowest BCUT2D eigenvalue weighted by atomic mass is 10.2. The minimum atomic E-state index is -0.197. The maximum atomic E-state index is 12.9. The molecule has 0 saturated carbocycles. The smallest absolute Gasteiger partial charge is 0.267 e. The summed E-state index contributed by atoms with van der Waals surface area (Å²) >= 11 is 4.67. The first kappa shape index (κ1) is 18.0. The number of para-hydroxylation sites is 1. The number of hydrogen-bond acceptors (Lipinski definition) is 6. The quantitative estimate of drug-likeness (QED) is 0.397. The number of pyridine rings is 1. The molecule has 1 aromatic carbocycles. The number of fused-ring (bicyclic) bond motifs is 1. The van der Waals surface area contributed by atoms with Crippen LogP contribution in [0, 0.1) is 0 Å². The Morgan fingerprint density at radius 1 is 1.19 bits per heavy atom. The molecule has 0 radical (unpaired) electrons. The van der Waals surface area contributed by atoms with Crippen LogP contribution in [0.25, 0.3) is 20.8 Å². The summed E-state index contributed by atoms with van der Waals surface area (Å²) in [6.07, 6.45) is 0. The standard InChI is InChI=1S/C20H17N3OS3/c1-2-25-15-7-4-3-6-13(15)22-19(24)18-17(21)12-9-10-14(23-20(12)27-18)16-8-5-11-26-16/h3-11H,2,21H2,1H3,(H,22,24). The number of nitrogens with one attached hydrogen (secondary N) is 1. The van der Waals surface area contributed by atoms with E-state index in [1.54, 1.807) is 23.1 Å². The predicted octanol–water partition coefficient (Wildman–Crippen LogP) is 5.97. The average Bonchev–Trinajstić information content (AvgIpc) is 3.32. The lowest BCUT2D eigenvalue weighted by Gasteiger charge is -2.09. The van der Waals surface area contributed by atoms with Crippen molar-refractivity contribution in [3.8, 4) is 10.6 Å². The van der Waals surface area contributed by atoms with Crippen LogP contribution in [-0.2, 0) is 0 Å². The van der Waals surface area contributed by atoms with Crippen LogP contribution in [0.3, 0.4) is 0 Å². The van der Waals surface area contributed by atoms with Crippen LogP contribution < -0.4 is 11.1 Å². The van der Waals surface area contributed by atoms with E-state index in [2.05, 4.69) is 12.2 Å². The molecule has 0 aliphatic carbocycles. The summed E-state index contributed by atoms with van der Waals surface area (Å²) in [5.74, 6) is 0.741. The van der Waals surface area contributed by atoms with Crippen molar-refractivity contribution in [2.45, 2.75) is 11.8 Å². The third-order valence-electron chi connectivity index (χ3n) is 4.01. The molecule has 0 spiro atoms.